The van der Waals surface area contributed by atoms with E-state index in [1.165, 1.54) is 12.1 Å². The maximum Gasteiger partial charge on any atom is 0.123 e. The predicted octanol–water partition coefficient (Wildman–Crippen LogP) is 3.57. The van der Waals surface area contributed by atoms with E-state index in [1.807, 2.05) is 30.3 Å². The second kappa shape index (κ2) is 5.41. The minimum atomic E-state index is -0.638. The Balaban J connectivity index is 2.08. The summed E-state index contributed by atoms with van der Waals surface area (Å²) in [6, 6.07) is 15.5. The van der Waals surface area contributed by atoms with Crippen molar-refractivity contribution in [2.45, 2.75) is 6.10 Å². The molecule has 0 amide bonds. The van der Waals surface area contributed by atoms with E-state index >= 15 is 0 Å². The topological polar surface area (TPSA) is 20.2 Å². The van der Waals surface area contributed by atoms with E-state index in [4.69, 9.17) is 0 Å². The lowest BCUT2D eigenvalue weighted by Crippen LogP contribution is -1.91. The van der Waals surface area contributed by atoms with Crippen molar-refractivity contribution < 1.29 is 9.50 Å². The van der Waals surface area contributed by atoms with Gasteiger partial charge in [-0.25, -0.2) is 4.39 Å². The van der Waals surface area contributed by atoms with Crippen LogP contribution in [0.1, 0.15) is 17.2 Å². The van der Waals surface area contributed by atoms with Gasteiger partial charge in [-0.05, 0) is 23.3 Å². The molecule has 0 aromatic heterocycles. The van der Waals surface area contributed by atoms with Gasteiger partial charge in [-0.1, -0.05) is 54.6 Å². The Morgan fingerprint density at radius 3 is 2.24 bits per heavy atom. The zero-order valence-corrected chi connectivity index (χ0v) is 9.25. The van der Waals surface area contributed by atoms with Crippen LogP contribution in [0.15, 0.2) is 60.7 Å². The number of benzene rings is 2. The summed E-state index contributed by atoms with van der Waals surface area (Å²) in [5.41, 5.74) is 1.70. The zero-order valence-electron chi connectivity index (χ0n) is 9.25. The molecule has 0 aliphatic heterocycles. The highest BCUT2D eigenvalue weighted by Crippen LogP contribution is 2.15. The zero-order chi connectivity index (χ0) is 12.1. The van der Waals surface area contributed by atoms with Gasteiger partial charge >= 0.3 is 0 Å². The van der Waals surface area contributed by atoms with Gasteiger partial charge < -0.3 is 5.11 Å². The second-order valence-corrected chi connectivity index (χ2v) is 3.77. The van der Waals surface area contributed by atoms with Crippen LogP contribution in [0, 0.1) is 5.82 Å². The van der Waals surface area contributed by atoms with E-state index < -0.39 is 6.10 Å². The first-order chi connectivity index (χ1) is 8.25. The second-order valence-electron chi connectivity index (χ2n) is 3.77. The standard InChI is InChI=1S/C15H13FO/c16-14-9-6-12(7-10-14)8-11-15(17)13-4-2-1-3-5-13/h1-11,15,17H/b11-8+. The van der Waals surface area contributed by atoms with Crippen molar-refractivity contribution in [2.24, 2.45) is 0 Å². The highest BCUT2D eigenvalue weighted by atomic mass is 19.1. The van der Waals surface area contributed by atoms with Gasteiger partial charge in [0, 0.05) is 0 Å². The molecular formula is C15H13FO. The third-order valence-electron chi connectivity index (χ3n) is 2.48. The first kappa shape index (κ1) is 11.6. The van der Waals surface area contributed by atoms with Crippen LogP contribution in [0.3, 0.4) is 0 Å². The lowest BCUT2D eigenvalue weighted by atomic mass is 10.1. The smallest absolute Gasteiger partial charge is 0.123 e. The molecule has 1 nitrogen and oxygen atoms in total. The Labute approximate surface area is 99.9 Å². The summed E-state index contributed by atoms with van der Waals surface area (Å²) in [6.07, 6.45) is 2.82. The average molecular weight is 228 g/mol. The van der Waals surface area contributed by atoms with Gasteiger partial charge in [0.25, 0.3) is 0 Å². The highest BCUT2D eigenvalue weighted by molar-refractivity contribution is 5.50. The van der Waals surface area contributed by atoms with E-state index in [9.17, 15) is 9.50 Å². The van der Waals surface area contributed by atoms with E-state index in [1.54, 1.807) is 24.3 Å². The molecule has 2 rings (SSSR count). The van der Waals surface area contributed by atoms with Crippen molar-refractivity contribution in [3.05, 3.63) is 77.6 Å². The maximum absolute atomic E-state index is 12.7. The normalized spacial score (nSPS) is 12.8. The molecule has 0 radical (unpaired) electrons. The molecule has 2 heteroatoms. The van der Waals surface area contributed by atoms with Crippen LogP contribution in [-0.2, 0) is 0 Å². The molecule has 0 fully saturated rings. The lowest BCUT2D eigenvalue weighted by molar-refractivity contribution is 0.229. The first-order valence-electron chi connectivity index (χ1n) is 5.42. The molecule has 2 aromatic carbocycles. The molecule has 0 saturated carbocycles. The summed E-state index contributed by atoms with van der Waals surface area (Å²) in [6.45, 7) is 0. The van der Waals surface area contributed by atoms with E-state index in [0.717, 1.165) is 11.1 Å². The largest absolute Gasteiger partial charge is 0.384 e. The summed E-state index contributed by atoms with van der Waals surface area (Å²) in [7, 11) is 0. The summed E-state index contributed by atoms with van der Waals surface area (Å²) < 4.78 is 12.7. The molecule has 17 heavy (non-hydrogen) atoms. The molecule has 0 saturated heterocycles. The lowest BCUT2D eigenvalue weighted by Gasteiger charge is -2.04. The van der Waals surface area contributed by atoms with E-state index in [0.29, 0.717) is 0 Å². The number of rotatable bonds is 3. The third kappa shape index (κ3) is 3.26. The molecule has 1 N–H and O–H groups in total. The molecule has 0 spiro atoms. The summed E-state index contributed by atoms with van der Waals surface area (Å²) in [4.78, 5) is 0. The third-order valence-corrected chi connectivity index (χ3v) is 2.48. The molecule has 0 aliphatic rings. The van der Waals surface area contributed by atoms with Gasteiger partial charge in [0.2, 0.25) is 0 Å². The highest BCUT2D eigenvalue weighted by Gasteiger charge is 2.00. The van der Waals surface area contributed by atoms with Gasteiger partial charge in [-0.3, -0.25) is 0 Å². The fraction of sp³-hybridized carbons (Fsp3) is 0.0667. The SMILES string of the molecule is OC(/C=C/c1ccc(F)cc1)c1ccccc1. The average Bonchev–Trinajstić information content (AvgIpc) is 2.39. The van der Waals surface area contributed by atoms with Gasteiger partial charge in [-0.2, -0.15) is 0 Å². The molecule has 0 bridgehead atoms. The molecule has 1 unspecified atom stereocenters. The van der Waals surface area contributed by atoms with Crippen molar-refractivity contribution in [1.29, 1.82) is 0 Å². The summed E-state index contributed by atoms with van der Waals surface area (Å²) in [5, 5.41) is 9.88. The number of aliphatic hydroxyl groups is 1. The van der Waals surface area contributed by atoms with Crippen molar-refractivity contribution in [2.75, 3.05) is 0 Å². The van der Waals surface area contributed by atoms with Crippen LogP contribution in [0.5, 0.6) is 0 Å². The number of hydrogen-bond acceptors (Lipinski definition) is 1. The van der Waals surface area contributed by atoms with Gasteiger partial charge in [0.15, 0.2) is 0 Å². The van der Waals surface area contributed by atoms with Gasteiger partial charge in [0.1, 0.15) is 5.82 Å². The van der Waals surface area contributed by atoms with Crippen molar-refractivity contribution >= 4 is 6.08 Å². The molecule has 86 valence electrons. The van der Waals surface area contributed by atoms with Crippen LogP contribution in [0.4, 0.5) is 4.39 Å². The van der Waals surface area contributed by atoms with Crippen LogP contribution in [0.2, 0.25) is 0 Å². The Morgan fingerprint density at radius 1 is 0.941 bits per heavy atom. The molecule has 0 heterocycles. The fourth-order valence-electron chi connectivity index (χ4n) is 1.54. The summed E-state index contributed by atoms with van der Waals surface area (Å²) >= 11 is 0. The minimum absolute atomic E-state index is 0.259. The Kier molecular flexibility index (Phi) is 3.68. The molecule has 2 aromatic rings. The maximum atomic E-state index is 12.7. The molecule has 0 aliphatic carbocycles. The van der Waals surface area contributed by atoms with Crippen molar-refractivity contribution in [3.8, 4) is 0 Å². The Bertz CT molecular complexity index is 488. The predicted molar refractivity (Wildman–Crippen MR) is 66.8 cm³/mol. The fourth-order valence-corrected chi connectivity index (χ4v) is 1.54. The summed E-state index contributed by atoms with van der Waals surface area (Å²) in [5.74, 6) is -0.259. The Morgan fingerprint density at radius 2 is 1.59 bits per heavy atom. The van der Waals surface area contributed by atoms with E-state index in [-0.39, 0.29) is 5.82 Å². The molecule has 1 atom stereocenters. The minimum Gasteiger partial charge on any atom is -0.384 e. The quantitative estimate of drug-likeness (QED) is 0.851. The van der Waals surface area contributed by atoms with Crippen molar-refractivity contribution in [1.82, 2.24) is 0 Å². The first-order valence-corrected chi connectivity index (χ1v) is 5.42. The van der Waals surface area contributed by atoms with Gasteiger partial charge in [-0.15, -0.1) is 0 Å². The van der Waals surface area contributed by atoms with E-state index in [2.05, 4.69) is 0 Å². The molecular weight excluding hydrogens is 215 g/mol. The van der Waals surface area contributed by atoms with Crippen LogP contribution in [0.25, 0.3) is 6.08 Å². The monoisotopic (exact) mass is 228 g/mol. The van der Waals surface area contributed by atoms with Crippen molar-refractivity contribution in [3.63, 3.8) is 0 Å². The number of aliphatic hydroxyl groups excluding tert-OH is 1. The van der Waals surface area contributed by atoms with Crippen LogP contribution >= 0.6 is 0 Å². The van der Waals surface area contributed by atoms with Gasteiger partial charge in [0.05, 0.1) is 6.10 Å². The number of hydrogen-bond donors (Lipinski definition) is 1. The Hall–Kier alpha value is -1.93. The van der Waals surface area contributed by atoms with Crippen LogP contribution in [-0.4, -0.2) is 5.11 Å². The number of halogens is 1. The van der Waals surface area contributed by atoms with Crippen LogP contribution < -0.4 is 0 Å².